The van der Waals surface area contributed by atoms with E-state index in [1.807, 2.05) is 0 Å². The van der Waals surface area contributed by atoms with Crippen LogP contribution in [0.4, 0.5) is 18.9 Å². The molecule has 0 aliphatic carbocycles. The Morgan fingerprint density at radius 2 is 1.94 bits per heavy atom. The van der Waals surface area contributed by atoms with E-state index in [0.717, 1.165) is 17.4 Å². The number of pyridine rings is 1. The number of nitrogens with zero attached hydrogens (tertiary/aromatic N) is 2. The van der Waals surface area contributed by atoms with Crippen LogP contribution in [0.1, 0.15) is 26.5 Å². The minimum Gasteiger partial charge on any atom is -0.325 e. The third-order valence-corrected chi connectivity index (χ3v) is 5.95. The number of amides is 1. The number of ketones is 1. The second-order valence-corrected chi connectivity index (χ2v) is 8.35. The van der Waals surface area contributed by atoms with Crippen molar-refractivity contribution in [3.8, 4) is 6.07 Å². The molecule has 0 spiro atoms. The first kappa shape index (κ1) is 22.8. The zero-order valence-electron chi connectivity index (χ0n) is 15.4. The lowest BCUT2D eigenvalue weighted by Crippen LogP contribution is -2.18. The number of halogens is 4. The van der Waals surface area contributed by atoms with Crippen LogP contribution in [0, 0.1) is 11.3 Å². The molecule has 11 heteroatoms. The Morgan fingerprint density at radius 1 is 1.23 bits per heavy atom. The number of aromatic nitrogens is 1. The highest BCUT2D eigenvalue weighted by molar-refractivity contribution is 8.00. The second-order valence-electron chi connectivity index (χ2n) is 6.00. The minimum absolute atomic E-state index is 0.0962. The third-order valence-electron chi connectivity index (χ3n) is 3.83. The zero-order chi connectivity index (χ0) is 22.6. The Hall–Kier alpha value is -2.87. The average Bonchev–Trinajstić information content (AvgIpc) is 3.27. The molecule has 1 N–H and O–H groups in total. The Morgan fingerprint density at radius 3 is 2.52 bits per heavy atom. The predicted octanol–water partition coefficient (Wildman–Crippen LogP) is 5.65. The number of nitriles is 1. The molecular weight excluding hydrogens is 471 g/mol. The van der Waals surface area contributed by atoms with Crippen LogP contribution in [-0.2, 0) is 11.0 Å². The van der Waals surface area contributed by atoms with Crippen LogP contribution in [0.15, 0.2) is 52.9 Å². The van der Waals surface area contributed by atoms with Crippen molar-refractivity contribution in [1.82, 2.24) is 4.98 Å². The van der Waals surface area contributed by atoms with E-state index in [1.54, 1.807) is 35.7 Å². The van der Waals surface area contributed by atoms with Crippen LogP contribution in [0.2, 0.25) is 5.02 Å². The summed E-state index contributed by atoms with van der Waals surface area (Å²) >= 11 is 7.43. The fourth-order valence-corrected chi connectivity index (χ4v) is 4.04. The summed E-state index contributed by atoms with van der Waals surface area (Å²) in [5.74, 6) is -1.67. The Labute approximate surface area is 187 Å². The van der Waals surface area contributed by atoms with Gasteiger partial charge in [-0.05, 0) is 41.8 Å². The molecule has 0 fully saturated rings. The maximum Gasteiger partial charge on any atom is 0.434 e. The van der Waals surface area contributed by atoms with E-state index in [2.05, 4.69) is 10.3 Å². The topological polar surface area (TPSA) is 82.8 Å². The number of benzene rings is 1. The van der Waals surface area contributed by atoms with Gasteiger partial charge in [-0.15, -0.1) is 11.3 Å². The smallest absolute Gasteiger partial charge is 0.325 e. The van der Waals surface area contributed by atoms with Gasteiger partial charge in [-0.1, -0.05) is 29.4 Å². The van der Waals surface area contributed by atoms with Crippen LogP contribution < -0.4 is 5.32 Å². The highest BCUT2D eigenvalue weighted by Gasteiger charge is 2.38. The van der Waals surface area contributed by atoms with E-state index in [9.17, 15) is 28.0 Å². The van der Waals surface area contributed by atoms with E-state index in [-0.39, 0.29) is 21.2 Å². The lowest BCUT2D eigenvalue weighted by Gasteiger charge is -2.13. The van der Waals surface area contributed by atoms with Crippen molar-refractivity contribution in [2.45, 2.75) is 11.2 Å². The Kier molecular flexibility index (Phi) is 7.00. The van der Waals surface area contributed by atoms with E-state index in [0.29, 0.717) is 22.5 Å². The van der Waals surface area contributed by atoms with Gasteiger partial charge in [-0.3, -0.25) is 9.59 Å². The van der Waals surface area contributed by atoms with Gasteiger partial charge >= 0.3 is 6.18 Å². The summed E-state index contributed by atoms with van der Waals surface area (Å²) in [6.07, 6.45) is -4.92. The van der Waals surface area contributed by atoms with Gasteiger partial charge in [0.2, 0.25) is 11.7 Å². The molecule has 3 aromatic rings. The van der Waals surface area contributed by atoms with Crippen LogP contribution in [-0.4, -0.2) is 22.4 Å². The largest absolute Gasteiger partial charge is 0.434 e. The second kappa shape index (κ2) is 9.51. The fourth-order valence-electron chi connectivity index (χ4n) is 2.48. The zero-order valence-corrected chi connectivity index (χ0v) is 17.8. The molecule has 5 nitrogen and oxygen atoms in total. The summed E-state index contributed by atoms with van der Waals surface area (Å²) < 4.78 is 40.8. The summed E-state index contributed by atoms with van der Waals surface area (Å²) in [5.41, 5.74) is -1.87. The number of nitrogens with one attached hydrogen (secondary N) is 1. The molecule has 0 bridgehead atoms. The van der Waals surface area contributed by atoms with Crippen molar-refractivity contribution in [3.05, 3.63) is 74.6 Å². The molecule has 0 atom stereocenters. The quantitative estimate of drug-likeness (QED) is 0.363. The Bertz CT molecular complexity index is 1160. The first-order valence-electron chi connectivity index (χ1n) is 8.48. The molecule has 158 valence electrons. The number of alkyl halides is 3. The first-order chi connectivity index (χ1) is 14.7. The molecule has 1 aromatic carbocycles. The van der Waals surface area contributed by atoms with Gasteiger partial charge in [0.1, 0.15) is 11.1 Å². The number of carbonyl (C=O) groups is 2. The lowest BCUT2D eigenvalue weighted by molar-refractivity contribution is -0.141. The van der Waals surface area contributed by atoms with Crippen LogP contribution in [0.5, 0.6) is 0 Å². The van der Waals surface area contributed by atoms with Crippen molar-refractivity contribution in [3.63, 3.8) is 0 Å². The van der Waals surface area contributed by atoms with Crippen molar-refractivity contribution in [2.75, 3.05) is 11.1 Å². The molecule has 0 aliphatic heterocycles. The summed E-state index contributed by atoms with van der Waals surface area (Å²) in [6.45, 7) is 0. The predicted molar refractivity (Wildman–Crippen MR) is 113 cm³/mol. The number of thioether (sulfide) groups is 1. The summed E-state index contributed by atoms with van der Waals surface area (Å²) in [4.78, 5) is 28.3. The van der Waals surface area contributed by atoms with Crippen LogP contribution in [0.3, 0.4) is 0 Å². The van der Waals surface area contributed by atoms with Crippen molar-refractivity contribution in [2.24, 2.45) is 0 Å². The van der Waals surface area contributed by atoms with Gasteiger partial charge in [0.25, 0.3) is 0 Å². The molecular formula is C20H11ClF3N3O2S2. The maximum absolute atomic E-state index is 13.6. The Balaban J connectivity index is 1.86. The number of hydrogen-bond donors (Lipinski definition) is 1. The van der Waals surface area contributed by atoms with E-state index >= 15 is 0 Å². The van der Waals surface area contributed by atoms with Crippen molar-refractivity contribution < 1.29 is 22.8 Å². The molecule has 0 aliphatic rings. The molecule has 2 heterocycles. The van der Waals surface area contributed by atoms with Gasteiger partial charge in [0.05, 0.1) is 21.8 Å². The summed E-state index contributed by atoms with van der Waals surface area (Å²) in [5, 5.41) is 13.7. The van der Waals surface area contributed by atoms with Crippen molar-refractivity contribution >= 4 is 52.1 Å². The normalized spacial score (nSPS) is 11.1. The van der Waals surface area contributed by atoms with Gasteiger partial charge in [0, 0.05) is 10.7 Å². The number of anilines is 1. The summed E-state index contributed by atoms with van der Waals surface area (Å²) in [7, 11) is 0. The molecule has 0 saturated heterocycles. The molecule has 1 amide bonds. The average molecular weight is 482 g/mol. The summed E-state index contributed by atoms with van der Waals surface area (Å²) in [6, 6.07) is 11.8. The molecule has 0 unspecified atom stereocenters. The number of hydrogen-bond acceptors (Lipinski definition) is 6. The van der Waals surface area contributed by atoms with E-state index in [4.69, 9.17) is 11.6 Å². The third kappa shape index (κ3) is 5.64. The number of thiophene rings is 1. The first-order valence-corrected chi connectivity index (χ1v) is 10.7. The monoisotopic (exact) mass is 481 g/mol. The molecule has 3 rings (SSSR count). The van der Waals surface area contributed by atoms with E-state index in [1.165, 1.54) is 12.1 Å². The SMILES string of the molecule is N#Cc1cc(C(=O)c2cccs2)c(C(F)(F)F)nc1SCC(=O)Nc1ccc(Cl)cc1. The number of carbonyl (C=O) groups excluding carboxylic acids is 2. The highest BCUT2D eigenvalue weighted by Crippen LogP contribution is 2.35. The lowest BCUT2D eigenvalue weighted by atomic mass is 10.1. The van der Waals surface area contributed by atoms with Gasteiger partial charge in [0.15, 0.2) is 5.69 Å². The maximum atomic E-state index is 13.6. The standard InChI is InChI=1S/C20H11ClF3N3O2S2/c21-12-3-5-13(6-4-12)26-16(28)10-31-19-11(9-25)8-14(18(27-19)20(22,23)24)17(29)15-2-1-7-30-15/h1-8H,10H2,(H,26,28). The fraction of sp³-hybridized carbons (Fsp3) is 0.100. The van der Waals surface area contributed by atoms with Gasteiger partial charge in [-0.25, -0.2) is 4.98 Å². The van der Waals surface area contributed by atoms with Crippen molar-refractivity contribution in [1.29, 1.82) is 5.26 Å². The van der Waals surface area contributed by atoms with Gasteiger partial charge in [-0.2, -0.15) is 18.4 Å². The molecule has 2 aromatic heterocycles. The van der Waals surface area contributed by atoms with Crippen LogP contribution >= 0.6 is 34.7 Å². The molecule has 0 radical (unpaired) electrons. The highest BCUT2D eigenvalue weighted by atomic mass is 35.5. The van der Waals surface area contributed by atoms with Gasteiger partial charge < -0.3 is 5.32 Å². The van der Waals surface area contributed by atoms with Crippen LogP contribution in [0.25, 0.3) is 0 Å². The minimum atomic E-state index is -4.92. The molecule has 31 heavy (non-hydrogen) atoms. The molecule has 0 saturated carbocycles. The van der Waals surface area contributed by atoms with E-state index < -0.39 is 29.1 Å². The number of rotatable bonds is 6.